The van der Waals surface area contributed by atoms with Crippen molar-refractivity contribution < 1.29 is 12.8 Å². The third kappa shape index (κ3) is 4.46. The Morgan fingerprint density at radius 2 is 1.62 bits per heavy atom. The average molecular weight is 391 g/mol. The first-order valence-electron chi connectivity index (χ1n) is 7.25. The average Bonchev–Trinajstić information content (AvgIpc) is 2.51. The molecule has 0 heterocycles. The van der Waals surface area contributed by atoms with Crippen LogP contribution in [0.1, 0.15) is 5.56 Å². The lowest BCUT2D eigenvalue weighted by Crippen LogP contribution is -2.37. The van der Waals surface area contributed by atoms with Crippen LogP contribution in [0.5, 0.6) is 0 Å². The molecule has 2 N–H and O–H groups in total. The maximum absolute atomic E-state index is 13.3. The lowest BCUT2D eigenvalue weighted by Gasteiger charge is -2.23. The van der Waals surface area contributed by atoms with Crippen LogP contribution >= 0.6 is 23.2 Å². The van der Waals surface area contributed by atoms with Crippen molar-refractivity contribution in [2.45, 2.75) is 11.3 Å². The molecular formula is C16H17Cl2FN2O2S. The van der Waals surface area contributed by atoms with Gasteiger partial charge in [0.15, 0.2) is 0 Å². The van der Waals surface area contributed by atoms with Gasteiger partial charge in [0.25, 0.3) is 0 Å². The predicted octanol–water partition coefficient (Wildman–Crippen LogP) is 3.32. The van der Waals surface area contributed by atoms with Crippen molar-refractivity contribution in [2.24, 2.45) is 5.73 Å². The number of hydrogen-bond acceptors (Lipinski definition) is 3. The fourth-order valence-corrected chi connectivity index (χ4v) is 4.89. The van der Waals surface area contributed by atoms with Crippen LogP contribution in [0.15, 0.2) is 47.4 Å². The van der Waals surface area contributed by atoms with E-state index in [9.17, 15) is 12.8 Å². The molecule has 0 fully saturated rings. The zero-order valence-corrected chi connectivity index (χ0v) is 15.1. The Labute approximate surface area is 151 Å². The molecular weight excluding hydrogens is 374 g/mol. The molecule has 0 aromatic heterocycles. The summed E-state index contributed by atoms with van der Waals surface area (Å²) in [6, 6.07) is 11.3. The highest BCUT2D eigenvalue weighted by Crippen LogP contribution is 2.32. The van der Waals surface area contributed by atoms with E-state index >= 15 is 0 Å². The van der Waals surface area contributed by atoms with Crippen LogP contribution in [0.25, 0.3) is 0 Å². The quantitative estimate of drug-likeness (QED) is 0.788. The van der Waals surface area contributed by atoms with Gasteiger partial charge in [-0.25, -0.2) is 12.8 Å². The normalized spacial score (nSPS) is 11.9. The van der Waals surface area contributed by atoms with Crippen LogP contribution in [-0.2, 0) is 16.4 Å². The van der Waals surface area contributed by atoms with Gasteiger partial charge in [0.05, 0.1) is 10.0 Å². The third-order valence-corrected chi connectivity index (χ3v) is 6.25. The highest BCUT2D eigenvalue weighted by molar-refractivity contribution is 7.89. The topological polar surface area (TPSA) is 63.4 Å². The molecule has 0 atom stereocenters. The van der Waals surface area contributed by atoms with Gasteiger partial charge in [-0.1, -0.05) is 53.5 Å². The van der Waals surface area contributed by atoms with E-state index < -0.39 is 15.8 Å². The zero-order chi connectivity index (χ0) is 17.7. The monoisotopic (exact) mass is 390 g/mol. The molecule has 0 spiro atoms. The van der Waals surface area contributed by atoms with Crippen LogP contribution in [0.2, 0.25) is 10.0 Å². The highest BCUT2D eigenvalue weighted by atomic mass is 35.5. The van der Waals surface area contributed by atoms with E-state index in [4.69, 9.17) is 28.9 Å². The Kier molecular flexibility index (Phi) is 6.60. The van der Waals surface area contributed by atoms with Gasteiger partial charge in [-0.05, 0) is 24.1 Å². The van der Waals surface area contributed by atoms with Crippen molar-refractivity contribution in [1.82, 2.24) is 4.31 Å². The summed E-state index contributed by atoms with van der Waals surface area (Å²) < 4.78 is 40.3. The third-order valence-electron chi connectivity index (χ3n) is 3.43. The SMILES string of the molecule is NCCN(CCc1ccccc1)S(=O)(=O)c1c(Cl)cc(F)cc1Cl. The maximum atomic E-state index is 13.3. The van der Waals surface area contributed by atoms with E-state index in [1.165, 1.54) is 4.31 Å². The minimum absolute atomic E-state index is 0.110. The zero-order valence-electron chi connectivity index (χ0n) is 12.8. The fraction of sp³-hybridized carbons (Fsp3) is 0.250. The number of nitrogens with zero attached hydrogens (tertiary/aromatic N) is 1. The molecule has 0 bridgehead atoms. The summed E-state index contributed by atoms with van der Waals surface area (Å²) in [5.41, 5.74) is 6.53. The molecule has 0 aliphatic carbocycles. The number of hydrogen-bond donors (Lipinski definition) is 1. The van der Waals surface area contributed by atoms with E-state index in [0.717, 1.165) is 17.7 Å². The van der Waals surface area contributed by atoms with Crippen molar-refractivity contribution in [1.29, 1.82) is 0 Å². The van der Waals surface area contributed by atoms with E-state index in [-0.39, 0.29) is 34.6 Å². The highest BCUT2D eigenvalue weighted by Gasteiger charge is 2.29. The second-order valence-corrected chi connectivity index (χ2v) is 7.82. The standard InChI is InChI=1S/C16H17Cl2FN2O2S/c17-14-10-13(19)11-15(18)16(14)24(22,23)21(9-7-20)8-6-12-4-2-1-3-5-12/h1-5,10-11H,6-9,20H2. The second-order valence-electron chi connectivity index (χ2n) is 5.13. The lowest BCUT2D eigenvalue weighted by molar-refractivity contribution is 0.421. The van der Waals surface area contributed by atoms with Crippen LogP contribution in [0, 0.1) is 5.82 Å². The lowest BCUT2D eigenvalue weighted by atomic mass is 10.1. The summed E-state index contributed by atoms with van der Waals surface area (Å²) in [4.78, 5) is -0.297. The van der Waals surface area contributed by atoms with Gasteiger partial charge in [-0.15, -0.1) is 0 Å². The number of nitrogens with two attached hydrogens (primary N) is 1. The van der Waals surface area contributed by atoms with Gasteiger partial charge in [0.2, 0.25) is 10.0 Å². The minimum Gasteiger partial charge on any atom is -0.329 e. The molecule has 0 aliphatic rings. The smallest absolute Gasteiger partial charge is 0.246 e. The first-order valence-corrected chi connectivity index (χ1v) is 9.44. The molecule has 24 heavy (non-hydrogen) atoms. The van der Waals surface area contributed by atoms with Crippen LogP contribution in [0.4, 0.5) is 4.39 Å². The minimum atomic E-state index is -3.99. The molecule has 0 radical (unpaired) electrons. The summed E-state index contributed by atoms with van der Waals surface area (Å²) in [5.74, 6) is -0.696. The van der Waals surface area contributed by atoms with Gasteiger partial charge in [-0.2, -0.15) is 4.31 Å². The molecule has 4 nitrogen and oxygen atoms in total. The number of benzene rings is 2. The van der Waals surface area contributed by atoms with Crippen LogP contribution in [-0.4, -0.2) is 32.4 Å². The molecule has 0 saturated carbocycles. The second kappa shape index (κ2) is 8.27. The Hall–Kier alpha value is -1.18. The Bertz CT molecular complexity index is 778. The molecule has 8 heteroatoms. The van der Waals surface area contributed by atoms with E-state index in [1.807, 2.05) is 30.3 Å². The molecule has 2 rings (SSSR count). The van der Waals surface area contributed by atoms with E-state index in [0.29, 0.717) is 6.42 Å². The molecule has 0 amide bonds. The van der Waals surface area contributed by atoms with Gasteiger partial charge in [-0.3, -0.25) is 0 Å². The van der Waals surface area contributed by atoms with Gasteiger partial charge in [0.1, 0.15) is 10.7 Å². The number of rotatable bonds is 7. The number of sulfonamides is 1. The summed E-state index contributed by atoms with van der Waals surface area (Å²) in [5, 5.41) is -0.497. The molecule has 2 aromatic carbocycles. The summed E-state index contributed by atoms with van der Waals surface area (Å²) in [6.07, 6.45) is 0.510. The predicted molar refractivity (Wildman–Crippen MR) is 94.4 cm³/mol. The van der Waals surface area contributed by atoms with Crippen molar-refractivity contribution in [3.63, 3.8) is 0 Å². The molecule has 130 valence electrons. The summed E-state index contributed by atoms with van der Waals surface area (Å²) in [7, 11) is -3.99. The Morgan fingerprint density at radius 3 is 2.17 bits per heavy atom. The van der Waals surface area contributed by atoms with Crippen molar-refractivity contribution in [3.05, 3.63) is 63.9 Å². The Morgan fingerprint density at radius 1 is 1.04 bits per heavy atom. The summed E-state index contributed by atoms with van der Waals surface area (Å²) >= 11 is 11.8. The van der Waals surface area contributed by atoms with E-state index in [2.05, 4.69) is 0 Å². The van der Waals surface area contributed by atoms with Gasteiger partial charge in [0, 0.05) is 19.6 Å². The van der Waals surface area contributed by atoms with Crippen molar-refractivity contribution in [3.8, 4) is 0 Å². The first-order chi connectivity index (χ1) is 11.4. The van der Waals surface area contributed by atoms with E-state index in [1.54, 1.807) is 0 Å². The summed E-state index contributed by atoms with van der Waals surface area (Å²) in [6.45, 7) is 0.469. The first kappa shape index (κ1) is 19.1. The fourth-order valence-electron chi connectivity index (χ4n) is 2.30. The van der Waals surface area contributed by atoms with Gasteiger partial charge < -0.3 is 5.73 Å². The molecule has 0 aliphatic heterocycles. The van der Waals surface area contributed by atoms with Crippen molar-refractivity contribution >= 4 is 33.2 Å². The van der Waals surface area contributed by atoms with Crippen LogP contribution < -0.4 is 5.73 Å². The largest absolute Gasteiger partial charge is 0.329 e. The maximum Gasteiger partial charge on any atom is 0.246 e. The molecule has 0 saturated heterocycles. The van der Waals surface area contributed by atoms with Crippen molar-refractivity contribution in [2.75, 3.05) is 19.6 Å². The molecule has 2 aromatic rings. The van der Waals surface area contributed by atoms with Crippen LogP contribution in [0.3, 0.4) is 0 Å². The molecule has 0 unspecified atom stereocenters. The number of halogens is 3. The van der Waals surface area contributed by atoms with Gasteiger partial charge >= 0.3 is 0 Å². The Balaban J connectivity index is 2.32.